The van der Waals surface area contributed by atoms with E-state index in [-0.39, 0.29) is 11.8 Å². The summed E-state index contributed by atoms with van der Waals surface area (Å²) in [6, 6.07) is 17.5. The molecule has 1 fully saturated rings. The maximum absolute atomic E-state index is 11.9. The molecule has 6 heteroatoms. The summed E-state index contributed by atoms with van der Waals surface area (Å²) in [5, 5.41) is 9.52. The quantitative estimate of drug-likeness (QED) is 0.598. The van der Waals surface area contributed by atoms with Crippen LogP contribution in [-0.2, 0) is 4.79 Å². The van der Waals surface area contributed by atoms with E-state index in [9.17, 15) is 4.79 Å². The number of carbonyl (C=O) groups is 1. The monoisotopic (exact) mass is 359 g/mol. The minimum Gasteiger partial charge on any atom is -0.340 e. The number of amides is 1. The van der Waals surface area contributed by atoms with Gasteiger partial charge in [-0.2, -0.15) is 0 Å². The average Bonchev–Trinajstić information content (AvgIpc) is 3.50. The van der Waals surface area contributed by atoms with Gasteiger partial charge >= 0.3 is 0 Å². The van der Waals surface area contributed by atoms with Crippen LogP contribution in [-0.4, -0.2) is 15.9 Å². The number of hydrogen-bond acceptors (Lipinski definition) is 5. The topological polar surface area (TPSA) is 78.9 Å². The van der Waals surface area contributed by atoms with Crippen molar-refractivity contribution in [3.8, 4) is 0 Å². The molecule has 3 N–H and O–H groups in total. The predicted octanol–water partition coefficient (Wildman–Crippen LogP) is 4.62. The van der Waals surface area contributed by atoms with Crippen LogP contribution < -0.4 is 16.0 Å². The van der Waals surface area contributed by atoms with Crippen LogP contribution in [0.3, 0.4) is 0 Å². The SMILES string of the molecule is Cc1ccccc1Nc1cc(Nc2cccc(NC(=O)C3CC3)c2)ncn1. The number of nitrogens with one attached hydrogen (secondary N) is 3. The molecule has 136 valence electrons. The van der Waals surface area contributed by atoms with Gasteiger partial charge in [0.2, 0.25) is 5.91 Å². The second-order valence-electron chi connectivity index (χ2n) is 6.70. The van der Waals surface area contributed by atoms with E-state index in [2.05, 4.69) is 25.9 Å². The van der Waals surface area contributed by atoms with Crippen LogP contribution in [0.2, 0.25) is 0 Å². The van der Waals surface area contributed by atoms with E-state index >= 15 is 0 Å². The van der Waals surface area contributed by atoms with Crippen molar-refractivity contribution in [3.63, 3.8) is 0 Å². The number of nitrogens with zero attached hydrogens (tertiary/aromatic N) is 2. The van der Waals surface area contributed by atoms with Crippen LogP contribution >= 0.6 is 0 Å². The van der Waals surface area contributed by atoms with Crippen LogP contribution in [0.25, 0.3) is 0 Å². The van der Waals surface area contributed by atoms with Gasteiger partial charge < -0.3 is 16.0 Å². The van der Waals surface area contributed by atoms with Gasteiger partial charge in [-0.25, -0.2) is 9.97 Å². The van der Waals surface area contributed by atoms with E-state index in [0.29, 0.717) is 11.6 Å². The molecule has 1 amide bonds. The molecule has 0 saturated heterocycles. The third kappa shape index (κ3) is 4.41. The molecule has 1 heterocycles. The minimum atomic E-state index is 0.0962. The summed E-state index contributed by atoms with van der Waals surface area (Å²) in [6.45, 7) is 2.05. The average molecular weight is 359 g/mol. The Labute approximate surface area is 158 Å². The van der Waals surface area contributed by atoms with E-state index in [1.54, 1.807) is 0 Å². The fraction of sp³-hybridized carbons (Fsp3) is 0.190. The lowest BCUT2D eigenvalue weighted by Gasteiger charge is -2.11. The highest BCUT2D eigenvalue weighted by Gasteiger charge is 2.29. The van der Waals surface area contributed by atoms with Crippen molar-refractivity contribution in [2.75, 3.05) is 16.0 Å². The van der Waals surface area contributed by atoms with Crippen LogP contribution in [0.5, 0.6) is 0 Å². The molecule has 0 atom stereocenters. The summed E-state index contributed by atoms with van der Waals surface area (Å²) >= 11 is 0. The van der Waals surface area contributed by atoms with Gasteiger partial charge in [-0.15, -0.1) is 0 Å². The first kappa shape index (κ1) is 17.0. The standard InChI is InChI=1S/C21H21N5O/c1-14-5-2-3-8-18(14)26-20-12-19(22-13-23-20)24-16-6-4-7-17(11-16)25-21(27)15-9-10-15/h2-8,11-13,15H,9-10H2,1H3,(H,25,27)(H2,22,23,24,26). The zero-order valence-corrected chi connectivity index (χ0v) is 15.1. The first-order valence-electron chi connectivity index (χ1n) is 9.00. The Morgan fingerprint density at radius 1 is 0.926 bits per heavy atom. The zero-order valence-electron chi connectivity index (χ0n) is 15.1. The predicted molar refractivity (Wildman–Crippen MR) is 108 cm³/mol. The Morgan fingerprint density at radius 2 is 1.67 bits per heavy atom. The number of benzene rings is 2. The first-order chi connectivity index (χ1) is 13.2. The van der Waals surface area contributed by atoms with Gasteiger partial charge in [-0.1, -0.05) is 24.3 Å². The van der Waals surface area contributed by atoms with Gasteiger partial charge in [0.05, 0.1) is 0 Å². The molecule has 1 aliphatic carbocycles. The van der Waals surface area contributed by atoms with Crippen LogP contribution in [0.4, 0.5) is 28.7 Å². The minimum absolute atomic E-state index is 0.0962. The largest absolute Gasteiger partial charge is 0.340 e. The van der Waals surface area contributed by atoms with Crippen molar-refractivity contribution in [2.45, 2.75) is 19.8 Å². The van der Waals surface area contributed by atoms with Gasteiger partial charge in [0.25, 0.3) is 0 Å². The molecule has 4 rings (SSSR count). The lowest BCUT2D eigenvalue weighted by molar-refractivity contribution is -0.117. The van der Waals surface area contributed by atoms with Crippen molar-refractivity contribution in [1.29, 1.82) is 0 Å². The highest BCUT2D eigenvalue weighted by atomic mass is 16.2. The highest BCUT2D eigenvalue weighted by molar-refractivity contribution is 5.94. The lowest BCUT2D eigenvalue weighted by atomic mass is 10.2. The second kappa shape index (κ2) is 7.45. The number of aromatic nitrogens is 2. The van der Waals surface area contributed by atoms with Crippen LogP contribution in [0, 0.1) is 12.8 Å². The fourth-order valence-electron chi connectivity index (χ4n) is 2.76. The lowest BCUT2D eigenvalue weighted by Crippen LogP contribution is -2.13. The fourth-order valence-corrected chi connectivity index (χ4v) is 2.76. The van der Waals surface area contributed by atoms with Crippen molar-refractivity contribution in [2.24, 2.45) is 5.92 Å². The number of aryl methyl sites for hydroxylation is 1. The summed E-state index contributed by atoms with van der Waals surface area (Å²) in [6.07, 6.45) is 3.49. The molecule has 0 radical (unpaired) electrons. The number of hydrogen-bond donors (Lipinski definition) is 3. The molecule has 1 aromatic heterocycles. The Kier molecular flexibility index (Phi) is 4.70. The highest BCUT2D eigenvalue weighted by Crippen LogP contribution is 2.30. The van der Waals surface area contributed by atoms with Gasteiger partial charge in [0, 0.05) is 29.0 Å². The molecule has 27 heavy (non-hydrogen) atoms. The van der Waals surface area contributed by atoms with Gasteiger partial charge in [0.1, 0.15) is 18.0 Å². The van der Waals surface area contributed by atoms with E-state index in [1.807, 2.05) is 61.5 Å². The molecule has 1 aliphatic rings. The van der Waals surface area contributed by atoms with Crippen molar-refractivity contribution in [1.82, 2.24) is 9.97 Å². The van der Waals surface area contributed by atoms with E-state index in [4.69, 9.17) is 0 Å². The molecule has 2 aromatic carbocycles. The Balaban J connectivity index is 1.46. The van der Waals surface area contributed by atoms with Gasteiger partial charge in [0.15, 0.2) is 0 Å². The van der Waals surface area contributed by atoms with Crippen molar-refractivity contribution < 1.29 is 4.79 Å². The molecular weight excluding hydrogens is 338 g/mol. The smallest absolute Gasteiger partial charge is 0.227 e. The number of para-hydroxylation sites is 1. The number of rotatable bonds is 6. The molecule has 0 spiro atoms. The van der Waals surface area contributed by atoms with Crippen molar-refractivity contribution in [3.05, 3.63) is 66.5 Å². The molecule has 1 saturated carbocycles. The maximum Gasteiger partial charge on any atom is 0.227 e. The normalized spacial score (nSPS) is 13.1. The maximum atomic E-state index is 11.9. The van der Waals surface area contributed by atoms with Gasteiger partial charge in [-0.05, 0) is 49.6 Å². The summed E-state index contributed by atoms with van der Waals surface area (Å²) in [5.41, 5.74) is 3.78. The van der Waals surface area contributed by atoms with Gasteiger partial charge in [-0.3, -0.25) is 4.79 Å². The third-order valence-corrected chi connectivity index (χ3v) is 4.43. The zero-order chi connectivity index (χ0) is 18.6. The first-order valence-corrected chi connectivity index (χ1v) is 9.00. The number of carbonyl (C=O) groups excluding carboxylic acids is 1. The summed E-state index contributed by atoms with van der Waals surface area (Å²) in [5.74, 6) is 1.66. The Morgan fingerprint density at radius 3 is 2.44 bits per heavy atom. The summed E-state index contributed by atoms with van der Waals surface area (Å²) < 4.78 is 0. The summed E-state index contributed by atoms with van der Waals surface area (Å²) in [4.78, 5) is 20.5. The van der Waals surface area contributed by atoms with E-state index < -0.39 is 0 Å². The van der Waals surface area contributed by atoms with Crippen LogP contribution in [0.1, 0.15) is 18.4 Å². The molecule has 6 nitrogen and oxygen atoms in total. The summed E-state index contributed by atoms with van der Waals surface area (Å²) in [7, 11) is 0. The second-order valence-corrected chi connectivity index (χ2v) is 6.70. The molecular formula is C21H21N5O. The van der Waals surface area contributed by atoms with Crippen LogP contribution in [0.15, 0.2) is 60.9 Å². The third-order valence-electron chi connectivity index (χ3n) is 4.43. The molecule has 0 aliphatic heterocycles. The van der Waals surface area contributed by atoms with E-state index in [1.165, 1.54) is 6.33 Å². The Hall–Kier alpha value is -3.41. The Bertz CT molecular complexity index is 968. The molecule has 0 unspecified atom stereocenters. The molecule has 0 bridgehead atoms. The van der Waals surface area contributed by atoms with Crippen molar-refractivity contribution >= 4 is 34.6 Å². The van der Waals surface area contributed by atoms with E-state index in [0.717, 1.165) is 35.5 Å². The molecule has 3 aromatic rings. The number of anilines is 5.